The van der Waals surface area contributed by atoms with Gasteiger partial charge >= 0.3 is 5.97 Å². The van der Waals surface area contributed by atoms with Crippen LogP contribution >= 0.6 is 0 Å². The molecule has 0 aromatic heterocycles. The Kier molecular flexibility index (Phi) is 3.17. The van der Waals surface area contributed by atoms with Gasteiger partial charge in [-0.1, -0.05) is 24.3 Å². The molecular weight excluding hydrogens is 356 g/mol. The minimum Gasteiger partial charge on any atom is -0.508 e. The maximum Gasteiger partial charge on any atom is 0.340 e. The van der Waals surface area contributed by atoms with Crippen molar-refractivity contribution in [2.24, 2.45) is 0 Å². The van der Waals surface area contributed by atoms with E-state index in [1.54, 1.807) is 18.2 Å². The molecule has 5 rings (SSSR count). The number of esters is 1. The molecule has 0 fully saturated rings. The molecule has 3 aromatic rings. The predicted molar refractivity (Wildman–Crippen MR) is 103 cm³/mol. The van der Waals surface area contributed by atoms with Crippen LogP contribution in [-0.4, -0.2) is 16.2 Å². The van der Waals surface area contributed by atoms with Gasteiger partial charge in [0, 0.05) is 28.8 Å². The van der Waals surface area contributed by atoms with Crippen LogP contribution in [0.25, 0.3) is 5.57 Å². The Balaban J connectivity index is 1.87. The van der Waals surface area contributed by atoms with Crippen molar-refractivity contribution in [2.75, 3.05) is 0 Å². The first-order valence-corrected chi connectivity index (χ1v) is 8.79. The molecule has 138 valence electrons. The average Bonchev–Trinajstić information content (AvgIpc) is 2.94. The van der Waals surface area contributed by atoms with E-state index >= 15 is 0 Å². The monoisotopic (exact) mass is 372 g/mol. The van der Waals surface area contributed by atoms with Gasteiger partial charge in [0.15, 0.2) is 5.60 Å². The van der Waals surface area contributed by atoms with Crippen LogP contribution in [0, 0.1) is 0 Å². The van der Waals surface area contributed by atoms with Crippen LogP contribution in [0.15, 0.2) is 61.2 Å². The molecule has 2 heterocycles. The van der Waals surface area contributed by atoms with Crippen LogP contribution in [0.1, 0.15) is 39.5 Å². The summed E-state index contributed by atoms with van der Waals surface area (Å²) in [6.07, 6.45) is 0. The van der Waals surface area contributed by atoms with Gasteiger partial charge in [0.05, 0.1) is 5.56 Å². The number of ether oxygens (including phenoxy) is 2. The number of phenolic OH excluding ortho intramolecular Hbond substituents is 2. The van der Waals surface area contributed by atoms with Crippen molar-refractivity contribution in [2.45, 2.75) is 12.5 Å². The van der Waals surface area contributed by atoms with E-state index in [0.717, 1.165) is 11.1 Å². The van der Waals surface area contributed by atoms with Crippen molar-refractivity contribution in [3.05, 3.63) is 89.0 Å². The van der Waals surface area contributed by atoms with E-state index in [1.165, 1.54) is 24.3 Å². The molecule has 1 spiro atoms. The highest BCUT2D eigenvalue weighted by molar-refractivity contribution is 5.98. The summed E-state index contributed by atoms with van der Waals surface area (Å²) >= 11 is 0. The number of phenols is 2. The number of hydrogen-bond donors (Lipinski definition) is 2. The summed E-state index contributed by atoms with van der Waals surface area (Å²) in [5.74, 6) is 0.336. The fourth-order valence-corrected chi connectivity index (χ4v) is 3.97. The molecular formula is C23H16O5. The van der Waals surface area contributed by atoms with Crippen LogP contribution in [0.3, 0.4) is 0 Å². The summed E-state index contributed by atoms with van der Waals surface area (Å²) < 4.78 is 11.9. The number of hydrogen-bond acceptors (Lipinski definition) is 5. The SMILES string of the molecule is C=C(C)c1ccc2c(c1)C(=O)OC21c2ccc(O)cc2Oc2cc(O)ccc21. The number of carbonyl (C=O) groups excluding carboxylic acids is 1. The first-order chi connectivity index (χ1) is 13.4. The lowest BCUT2D eigenvalue weighted by atomic mass is 9.77. The summed E-state index contributed by atoms with van der Waals surface area (Å²) in [4.78, 5) is 12.9. The molecule has 28 heavy (non-hydrogen) atoms. The van der Waals surface area contributed by atoms with Gasteiger partial charge in [-0.05, 0) is 42.8 Å². The molecule has 0 aliphatic carbocycles. The Hall–Kier alpha value is -3.73. The second-order valence-corrected chi connectivity index (χ2v) is 7.07. The van der Waals surface area contributed by atoms with Gasteiger partial charge in [0.25, 0.3) is 0 Å². The van der Waals surface area contributed by atoms with Crippen molar-refractivity contribution < 1.29 is 24.5 Å². The highest BCUT2D eigenvalue weighted by Gasteiger charge is 2.53. The summed E-state index contributed by atoms with van der Waals surface area (Å²) in [7, 11) is 0. The van der Waals surface area contributed by atoms with Crippen LogP contribution in [0.5, 0.6) is 23.0 Å². The van der Waals surface area contributed by atoms with E-state index < -0.39 is 11.6 Å². The average molecular weight is 372 g/mol. The molecule has 2 aliphatic rings. The van der Waals surface area contributed by atoms with E-state index in [4.69, 9.17) is 9.47 Å². The summed E-state index contributed by atoms with van der Waals surface area (Å²) in [6.45, 7) is 5.82. The lowest BCUT2D eigenvalue weighted by Gasteiger charge is -2.36. The minimum atomic E-state index is -1.22. The highest BCUT2D eigenvalue weighted by atomic mass is 16.6. The minimum absolute atomic E-state index is 0.0275. The smallest absolute Gasteiger partial charge is 0.340 e. The van der Waals surface area contributed by atoms with E-state index in [0.29, 0.717) is 33.8 Å². The summed E-state index contributed by atoms with van der Waals surface area (Å²) in [5.41, 5.74) is 2.85. The number of rotatable bonds is 1. The van der Waals surface area contributed by atoms with Gasteiger partial charge < -0.3 is 19.7 Å². The third-order valence-corrected chi connectivity index (χ3v) is 5.27. The Morgan fingerprint density at radius 2 is 1.46 bits per heavy atom. The van der Waals surface area contributed by atoms with Crippen molar-refractivity contribution >= 4 is 11.5 Å². The van der Waals surface area contributed by atoms with Gasteiger partial charge in [-0.15, -0.1) is 0 Å². The molecule has 0 amide bonds. The second kappa shape index (κ2) is 5.39. The number of fused-ring (bicyclic) bond motifs is 6. The molecule has 0 saturated heterocycles. The van der Waals surface area contributed by atoms with E-state index in [1.807, 2.05) is 19.1 Å². The molecule has 5 heteroatoms. The van der Waals surface area contributed by atoms with Crippen LogP contribution < -0.4 is 4.74 Å². The summed E-state index contributed by atoms with van der Waals surface area (Å²) in [5, 5.41) is 19.8. The zero-order chi connectivity index (χ0) is 19.6. The van der Waals surface area contributed by atoms with Crippen LogP contribution in [0.2, 0.25) is 0 Å². The molecule has 0 unspecified atom stereocenters. The Morgan fingerprint density at radius 1 is 0.893 bits per heavy atom. The fourth-order valence-electron chi connectivity index (χ4n) is 3.97. The van der Waals surface area contributed by atoms with Gasteiger partial charge in [-0.2, -0.15) is 0 Å². The lowest BCUT2D eigenvalue weighted by Crippen LogP contribution is -2.32. The molecule has 3 aromatic carbocycles. The second-order valence-electron chi connectivity index (χ2n) is 7.07. The van der Waals surface area contributed by atoms with Gasteiger partial charge in [0.1, 0.15) is 23.0 Å². The Bertz CT molecular complexity index is 1140. The first kappa shape index (κ1) is 16.4. The standard InChI is InChI=1S/C23H16O5/c1-12(2)13-3-6-17-16(9-13)22(26)28-23(17)18-7-4-14(24)10-20(18)27-21-11-15(25)5-8-19(21)23/h3-11,24-25H,1H2,2H3. The number of benzene rings is 3. The lowest BCUT2D eigenvalue weighted by molar-refractivity contribution is 0.0224. The van der Waals surface area contributed by atoms with Gasteiger partial charge in [-0.3, -0.25) is 0 Å². The maximum atomic E-state index is 12.9. The maximum absolute atomic E-state index is 12.9. The molecule has 0 radical (unpaired) electrons. The first-order valence-electron chi connectivity index (χ1n) is 8.79. The topological polar surface area (TPSA) is 76.0 Å². The normalized spacial score (nSPS) is 15.2. The molecule has 2 N–H and O–H groups in total. The molecule has 2 aliphatic heterocycles. The predicted octanol–water partition coefficient (Wildman–Crippen LogP) is 4.70. The van der Waals surface area contributed by atoms with Crippen molar-refractivity contribution in [3.8, 4) is 23.0 Å². The largest absolute Gasteiger partial charge is 0.508 e. The zero-order valence-corrected chi connectivity index (χ0v) is 15.0. The molecule has 5 nitrogen and oxygen atoms in total. The molecule has 0 bridgehead atoms. The van der Waals surface area contributed by atoms with E-state index in [9.17, 15) is 15.0 Å². The zero-order valence-electron chi connectivity index (χ0n) is 15.0. The van der Waals surface area contributed by atoms with Crippen molar-refractivity contribution in [1.82, 2.24) is 0 Å². The number of carbonyl (C=O) groups is 1. The third kappa shape index (κ3) is 2.04. The quantitative estimate of drug-likeness (QED) is 0.606. The van der Waals surface area contributed by atoms with Gasteiger partial charge in [0.2, 0.25) is 0 Å². The highest BCUT2D eigenvalue weighted by Crippen LogP contribution is 2.57. The van der Waals surface area contributed by atoms with Crippen LogP contribution in [0.4, 0.5) is 0 Å². The Labute approximate surface area is 161 Å². The number of aromatic hydroxyl groups is 2. The van der Waals surface area contributed by atoms with E-state index in [2.05, 4.69) is 6.58 Å². The van der Waals surface area contributed by atoms with Crippen molar-refractivity contribution in [1.29, 1.82) is 0 Å². The summed E-state index contributed by atoms with van der Waals surface area (Å²) in [6, 6.07) is 14.9. The van der Waals surface area contributed by atoms with Gasteiger partial charge in [-0.25, -0.2) is 4.79 Å². The van der Waals surface area contributed by atoms with Crippen LogP contribution in [-0.2, 0) is 10.3 Å². The number of allylic oxidation sites excluding steroid dienone is 1. The molecule has 0 saturated carbocycles. The van der Waals surface area contributed by atoms with Crippen molar-refractivity contribution in [3.63, 3.8) is 0 Å². The third-order valence-electron chi connectivity index (χ3n) is 5.27. The Morgan fingerprint density at radius 3 is 2.04 bits per heavy atom. The molecule has 0 atom stereocenters. The fraction of sp³-hybridized carbons (Fsp3) is 0.0870. The van der Waals surface area contributed by atoms with E-state index in [-0.39, 0.29) is 11.5 Å².